The molecular weight excluding hydrogens is 386 g/mol. The van der Waals surface area contributed by atoms with Crippen LogP contribution in [0.4, 0.5) is 0 Å². The van der Waals surface area contributed by atoms with Gasteiger partial charge in [0.05, 0.1) is 22.6 Å². The van der Waals surface area contributed by atoms with E-state index in [0.29, 0.717) is 27.6 Å². The number of rotatable bonds is 7. The lowest BCUT2D eigenvalue weighted by molar-refractivity contribution is 0.252. The highest BCUT2D eigenvalue weighted by molar-refractivity contribution is 7.98. The van der Waals surface area contributed by atoms with Crippen LogP contribution in [0.15, 0.2) is 70.4 Å². The fourth-order valence-electron chi connectivity index (χ4n) is 2.24. The molecule has 2 aromatic carbocycles. The van der Waals surface area contributed by atoms with Crippen molar-refractivity contribution in [3.63, 3.8) is 0 Å². The standard InChI is InChI=1S/C18H14ClN5O2S/c19-15-8-4-5-9-16(15)25-11-17-21-22-18(26-17)27-12-13-10-20-24(23-13)14-6-2-1-3-7-14/h1-10H,11-12H2. The molecule has 0 aliphatic carbocycles. The van der Waals surface area contributed by atoms with Crippen LogP contribution in [0.3, 0.4) is 0 Å². The van der Waals surface area contributed by atoms with E-state index < -0.39 is 0 Å². The average molecular weight is 400 g/mol. The molecule has 0 atom stereocenters. The Morgan fingerprint density at radius 1 is 1.04 bits per heavy atom. The first kappa shape index (κ1) is 17.6. The number of nitrogens with zero attached hydrogens (tertiary/aromatic N) is 5. The summed E-state index contributed by atoms with van der Waals surface area (Å²) in [6.07, 6.45) is 1.72. The van der Waals surface area contributed by atoms with E-state index in [-0.39, 0.29) is 6.61 Å². The Balaban J connectivity index is 1.32. The monoisotopic (exact) mass is 399 g/mol. The molecule has 136 valence electrons. The molecule has 0 N–H and O–H groups in total. The molecule has 9 heteroatoms. The fourth-order valence-corrected chi connectivity index (χ4v) is 3.09. The lowest BCUT2D eigenvalue weighted by Gasteiger charge is -2.04. The minimum Gasteiger partial charge on any atom is -0.482 e. The first-order chi connectivity index (χ1) is 13.3. The van der Waals surface area contributed by atoms with Crippen LogP contribution < -0.4 is 4.74 Å². The number of hydrogen-bond donors (Lipinski definition) is 0. The zero-order valence-electron chi connectivity index (χ0n) is 14.0. The Bertz CT molecular complexity index is 1020. The van der Waals surface area contributed by atoms with E-state index in [1.807, 2.05) is 42.5 Å². The number of para-hydroxylation sites is 2. The van der Waals surface area contributed by atoms with Crippen molar-refractivity contribution in [1.82, 2.24) is 25.2 Å². The number of aromatic nitrogens is 5. The van der Waals surface area contributed by atoms with Crippen molar-refractivity contribution >= 4 is 23.4 Å². The maximum Gasteiger partial charge on any atom is 0.277 e. The van der Waals surface area contributed by atoms with Crippen molar-refractivity contribution in [2.45, 2.75) is 17.6 Å². The van der Waals surface area contributed by atoms with E-state index >= 15 is 0 Å². The quantitative estimate of drug-likeness (QED) is 0.431. The van der Waals surface area contributed by atoms with Gasteiger partial charge < -0.3 is 9.15 Å². The third kappa shape index (κ3) is 4.47. The van der Waals surface area contributed by atoms with Gasteiger partial charge in [0.2, 0.25) is 0 Å². The summed E-state index contributed by atoms with van der Waals surface area (Å²) >= 11 is 7.44. The second-order valence-electron chi connectivity index (χ2n) is 5.43. The lowest BCUT2D eigenvalue weighted by atomic mass is 10.3. The van der Waals surface area contributed by atoms with Gasteiger partial charge in [-0.25, -0.2) is 0 Å². The van der Waals surface area contributed by atoms with Gasteiger partial charge >= 0.3 is 0 Å². The summed E-state index contributed by atoms with van der Waals surface area (Å²) in [7, 11) is 0. The summed E-state index contributed by atoms with van der Waals surface area (Å²) in [5, 5.41) is 17.7. The van der Waals surface area contributed by atoms with Crippen LogP contribution >= 0.6 is 23.4 Å². The van der Waals surface area contributed by atoms with E-state index in [0.717, 1.165) is 11.4 Å². The highest BCUT2D eigenvalue weighted by Gasteiger charge is 2.10. The van der Waals surface area contributed by atoms with Crippen LogP contribution in [-0.4, -0.2) is 25.2 Å². The molecule has 2 heterocycles. The molecule has 0 aliphatic heterocycles. The highest BCUT2D eigenvalue weighted by atomic mass is 35.5. The van der Waals surface area contributed by atoms with E-state index in [1.54, 1.807) is 23.1 Å². The van der Waals surface area contributed by atoms with Crippen LogP contribution in [0.5, 0.6) is 5.75 Å². The predicted octanol–water partition coefficient (Wildman–Crippen LogP) is 4.18. The summed E-state index contributed by atoms with van der Waals surface area (Å²) < 4.78 is 11.2. The van der Waals surface area contributed by atoms with Gasteiger partial charge in [0, 0.05) is 5.75 Å². The zero-order chi connectivity index (χ0) is 18.5. The Hall–Kier alpha value is -2.84. The van der Waals surface area contributed by atoms with Crippen LogP contribution in [0.25, 0.3) is 5.69 Å². The number of thioether (sulfide) groups is 1. The molecule has 0 fully saturated rings. The van der Waals surface area contributed by atoms with Crippen LogP contribution in [0, 0.1) is 0 Å². The molecule has 0 unspecified atom stereocenters. The maximum absolute atomic E-state index is 6.05. The summed E-state index contributed by atoms with van der Waals surface area (Å²) in [5.41, 5.74) is 1.72. The fraction of sp³-hybridized carbons (Fsp3) is 0.111. The number of hydrogen-bond acceptors (Lipinski definition) is 7. The summed E-state index contributed by atoms with van der Waals surface area (Å²) in [6.45, 7) is 0.154. The van der Waals surface area contributed by atoms with Crippen molar-refractivity contribution in [3.8, 4) is 11.4 Å². The van der Waals surface area contributed by atoms with Crippen LogP contribution in [0.1, 0.15) is 11.6 Å². The van der Waals surface area contributed by atoms with Crippen molar-refractivity contribution in [3.05, 3.63) is 77.4 Å². The van der Waals surface area contributed by atoms with Gasteiger partial charge in [0.15, 0.2) is 6.61 Å². The largest absolute Gasteiger partial charge is 0.482 e. The third-order valence-electron chi connectivity index (χ3n) is 3.51. The second-order valence-corrected chi connectivity index (χ2v) is 6.76. The van der Waals surface area contributed by atoms with E-state index in [9.17, 15) is 0 Å². The van der Waals surface area contributed by atoms with Gasteiger partial charge in [-0.3, -0.25) is 0 Å². The summed E-state index contributed by atoms with van der Waals surface area (Å²) in [6, 6.07) is 16.9. The smallest absolute Gasteiger partial charge is 0.277 e. The Kier molecular flexibility index (Phi) is 5.36. The van der Waals surface area contributed by atoms with Gasteiger partial charge in [-0.15, -0.1) is 10.2 Å². The minimum absolute atomic E-state index is 0.154. The first-order valence-electron chi connectivity index (χ1n) is 8.07. The maximum atomic E-state index is 6.05. The third-order valence-corrected chi connectivity index (χ3v) is 4.67. The molecule has 4 rings (SSSR count). The normalized spacial score (nSPS) is 10.9. The lowest BCUT2D eigenvalue weighted by Crippen LogP contribution is -1.98. The number of ether oxygens (including phenoxy) is 1. The molecule has 0 amide bonds. The predicted molar refractivity (Wildman–Crippen MR) is 101 cm³/mol. The van der Waals surface area contributed by atoms with Crippen molar-refractivity contribution in [1.29, 1.82) is 0 Å². The van der Waals surface area contributed by atoms with E-state index in [2.05, 4.69) is 20.4 Å². The average Bonchev–Trinajstić information content (AvgIpc) is 3.36. The number of halogens is 1. The zero-order valence-corrected chi connectivity index (χ0v) is 15.6. The Morgan fingerprint density at radius 2 is 1.85 bits per heavy atom. The van der Waals surface area contributed by atoms with Gasteiger partial charge in [-0.2, -0.15) is 15.0 Å². The van der Waals surface area contributed by atoms with Gasteiger partial charge in [-0.05, 0) is 24.3 Å². The molecule has 7 nitrogen and oxygen atoms in total. The Morgan fingerprint density at radius 3 is 2.70 bits per heavy atom. The van der Waals surface area contributed by atoms with Gasteiger partial charge in [0.25, 0.3) is 11.1 Å². The van der Waals surface area contributed by atoms with Crippen LogP contribution in [0.2, 0.25) is 5.02 Å². The summed E-state index contributed by atoms with van der Waals surface area (Å²) in [5.74, 6) is 1.52. The SMILES string of the molecule is Clc1ccccc1OCc1nnc(SCc2cnn(-c3ccccc3)n2)o1. The second kappa shape index (κ2) is 8.24. The molecule has 27 heavy (non-hydrogen) atoms. The molecular formula is C18H14ClN5O2S. The topological polar surface area (TPSA) is 78.9 Å². The van der Waals surface area contributed by atoms with Gasteiger partial charge in [0.1, 0.15) is 5.75 Å². The van der Waals surface area contributed by atoms with Crippen molar-refractivity contribution in [2.24, 2.45) is 0 Å². The molecule has 0 aliphatic rings. The summed E-state index contributed by atoms with van der Waals surface area (Å²) in [4.78, 5) is 1.59. The molecule has 0 spiro atoms. The van der Waals surface area contributed by atoms with Gasteiger partial charge in [-0.1, -0.05) is 53.7 Å². The molecule has 0 bridgehead atoms. The molecule has 2 aromatic heterocycles. The first-order valence-corrected chi connectivity index (χ1v) is 9.43. The molecule has 4 aromatic rings. The van der Waals surface area contributed by atoms with Crippen molar-refractivity contribution in [2.75, 3.05) is 0 Å². The highest BCUT2D eigenvalue weighted by Crippen LogP contribution is 2.25. The van der Waals surface area contributed by atoms with E-state index in [4.69, 9.17) is 20.8 Å². The minimum atomic E-state index is 0.154. The van der Waals surface area contributed by atoms with Crippen LogP contribution in [-0.2, 0) is 12.4 Å². The molecule has 0 saturated carbocycles. The number of benzene rings is 2. The van der Waals surface area contributed by atoms with Crippen molar-refractivity contribution < 1.29 is 9.15 Å². The van der Waals surface area contributed by atoms with E-state index in [1.165, 1.54) is 11.8 Å². The molecule has 0 radical (unpaired) electrons. The molecule has 0 saturated heterocycles. The Labute approximate surface area is 164 Å².